The molecule has 0 unspecified atom stereocenters. The summed E-state index contributed by atoms with van der Waals surface area (Å²) >= 11 is 1.75. The maximum Gasteiger partial charge on any atom is 0.237 e. The Hall–Kier alpha value is -2.15. The molecule has 1 aromatic carbocycles. The molecular weight excluding hydrogens is 420 g/mol. The zero-order chi connectivity index (χ0) is 23.1. The lowest BCUT2D eigenvalue weighted by Crippen LogP contribution is -2.47. The minimum atomic E-state index is -0.444. The third kappa shape index (κ3) is 6.21. The number of aliphatic hydroxyl groups is 1. The summed E-state index contributed by atoms with van der Waals surface area (Å²) in [5.74, 6) is 1.37. The fourth-order valence-electron chi connectivity index (χ4n) is 4.09. The van der Waals surface area contributed by atoms with Gasteiger partial charge in [0.15, 0.2) is 0 Å². The van der Waals surface area contributed by atoms with Crippen LogP contribution in [0, 0.1) is 0 Å². The van der Waals surface area contributed by atoms with Crippen LogP contribution in [-0.2, 0) is 11.2 Å². The van der Waals surface area contributed by atoms with Gasteiger partial charge in [0.25, 0.3) is 0 Å². The first-order valence-electron chi connectivity index (χ1n) is 11.5. The molecule has 1 N–H and O–H groups in total. The van der Waals surface area contributed by atoms with E-state index in [4.69, 9.17) is 4.74 Å². The normalized spacial score (nSPS) is 16.8. The average molecular weight is 457 g/mol. The van der Waals surface area contributed by atoms with Gasteiger partial charge in [-0.15, -0.1) is 17.9 Å². The molecule has 0 bridgehead atoms. The van der Waals surface area contributed by atoms with Crippen LogP contribution < -0.4 is 4.74 Å². The molecule has 2 heterocycles. The zero-order valence-corrected chi connectivity index (χ0v) is 20.3. The molecule has 0 fully saturated rings. The van der Waals surface area contributed by atoms with E-state index >= 15 is 0 Å². The van der Waals surface area contributed by atoms with Gasteiger partial charge in [-0.05, 0) is 53.5 Å². The number of rotatable bonds is 11. The van der Waals surface area contributed by atoms with Gasteiger partial charge >= 0.3 is 0 Å². The van der Waals surface area contributed by atoms with E-state index in [0.29, 0.717) is 38.6 Å². The largest absolute Gasteiger partial charge is 0.491 e. The molecule has 5 nitrogen and oxygen atoms in total. The number of carbonyl (C=O) groups excluding carboxylic acids is 1. The van der Waals surface area contributed by atoms with Gasteiger partial charge in [0.05, 0.1) is 18.7 Å². The van der Waals surface area contributed by atoms with Crippen molar-refractivity contribution in [2.45, 2.75) is 51.7 Å². The molecule has 174 valence electrons. The molecule has 0 aliphatic carbocycles. The Labute approximate surface area is 196 Å². The topological polar surface area (TPSA) is 53.0 Å². The van der Waals surface area contributed by atoms with Gasteiger partial charge in [-0.1, -0.05) is 39.0 Å². The van der Waals surface area contributed by atoms with Gasteiger partial charge < -0.3 is 14.7 Å². The molecule has 1 aliphatic heterocycles. The molecule has 32 heavy (non-hydrogen) atoms. The second-order valence-corrected chi connectivity index (χ2v) is 9.73. The predicted molar refractivity (Wildman–Crippen MR) is 131 cm³/mol. The van der Waals surface area contributed by atoms with E-state index in [1.165, 1.54) is 16.0 Å². The van der Waals surface area contributed by atoms with Gasteiger partial charge in [-0.3, -0.25) is 9.69 Å². The molecule has 0 spiro atoms. The molecule has 1 aliphatic rings. The molecule has 0 saturated carbocycles. The highest BCUT2D eigenvalue weighted by Crippen LogP contribution is 2.34. The van der Waals surface area contributed by atoms with Crippen LogP contribution in [0.1, 0.15) is 55.2 Å². The van der Waals surface area contributed by atoms with E-state index in [1.54, 1.807) is 17.4 Å². The third-order valence-electron chi connectivity index (χ3n) is 6.06. The molecule has 2 aromatic rings. The Morgan fingerprint density at radius 3 is 2.75 bits per heavy atom. The summed E-state index contributed by atoms with van der Waals surface area (Å²) < 4.78 is 6.16. The van der Waals surface area contributed by atoms with E-state index in [-0.39, 0.29) is 18.5 Å². The number of fused-ring (bicyclic) bond motifs is 1. The molecule has 1 amide bonds. The van der Waals surface area contributed by atoms with Crippen molar-refractivity contribution < 1.29 is 14.6 Å². The van der Waals surface area contributed by atoms with Crippen LogP contribution in [0.3, 0.4) is 0 Å². The number of amides is 1. The Balaban J connectivity index is 1.72. The fourth-order valence-corrected chi connectivity index (χ4v) is 5.02. The minimum absolute atomic E-state index is 0.0655. The van der Waals surface area contributed by atoms with Crippen LogP contribution in [0.15, 0.2) is 48.4 Å². The number of benzene rings is 1. The lowest BCUT2D eigenvalue weighted by Gasteiger charge is -2.37. The van der Waals surface area contributed by atoms with Gasteiger partial charge in [-0.2, -0.15) is 0 Å². The Kier molecular flexibility index (Phi) is 8.91. The van der Waals surface area contributed by atoms with Crippen molar-refractivity contribution >= 4 is 17.2 Å². The number of ether oxygens (including phenoxy) is 1. The molecular formula is C26H36N2O3S. The number of nitrogens with zero attached hydrogens (tertiary/aromatic N) is 2. The quantitative estimate of drug-likeness (QED) is 0.501. The lowest BCUT2D eigenvalue weighted by molar-refractivity contribution is -0.136. The number of aliphatic hydroxyl groups excluding tert-OH is 1. The van der Waals surface area contributed by atoms with E-state index in [0.717, 1.165) is 12.2 Å². The van der Waals surface area contributed by atoms with Crippen molar-refractivity contribution in [3.05, 3.63) is 64.4 Å². The minimum Gasteiger partial charge on any atom is -0.491 e. The molecule has 0 radical (unpaired) electrons. The van der Waals surface area contributed by atoms with Crippen LogP contribution in [0.2, 0.25) is 0 Å². The molecule has 6 heteroatoms. The summed E-state index contributed by atoms with van der Waals surface area (Å²) in [6.07, 6.45) is 2.87. The van der Waals surface area contributed by atoms with Gasteiger partial charge in [0.2, 0.25) is 5.91 Å². The van der Waals surface area contributed by atoms with Crippen molar-refractivity contribution in [3.63, 3.8) is 0 Å². The fraction of sp³-hybridized carbons (Fsp3) is 0.500. The first-order valence-corrected chi connectivity index (χ1v) is 12.4. The van der Waals surface area contributed by atoms with Crippen molar-refractivity contribution in [2.75, 3.05) is 32.8 Å². The number of hydrogen-bond acceptors (Lipinski definition) is 5. The number of carbonyl (C=O) groups is 1. The van der Waals surface area contributed by atoms with Gasteiger partial charge in [0, 0.05) is 24.5 Å². The maximum absolute atomic E-state index is 13.3. The Bertz CT molecular complexity index is 877. The van der Waals surface area contributed by atoms with Crippen molar-refractivity contribution in [1.82, 2.24) is 9.80 Å². The second kappa shape index (κ2) is 11.6. The molecule has 3 rings (SSSR count). The Morgan fingerprint density at radius 2 is 2.09 bits per heavy atom. The Morgan fingerprint density at radius 1 is 1.34 bits per heavy atom. The van der Waals surface area contributed by atoms with Gasteiger partial charge in [0.1, 0.15) is 12.4 Å². The van der Waals surface area contributed by atoms with Crippen molar-refractivity contribution in [3.8, 4) is 5.75 Å². The number of thiophene rings is 1. The molecule has 2 atom stereocenters. The summed E-state index contributed by atoms with van der Waals surface area (Å²) in [5.41, 5.74) is 2.47. The van der Waals surface area contributed by atoms with E-state index < -0.39 is 6.10 Å². The standard InChI is InChI=1S/C26H36N2O3S/c1-5-13-27(16-21(29)6-2)17-26(30)28-14-11-25-23(12-15-32-25)24(28)18-31-22-9-7-20(8-10-22)19(3)4/h5,7-10,12,15,19,21,24,29H,1,6,11,13-14,16-18H2,2-4H3/t21-,24+/m1/s1. The van der Waals surface area contributed by atoms with Crippen molar-refractivity contribution in [2.24, 2.45) is 0 Å². The average Bonchev–Trinajstić information content (AvgIpc) is 3.26. The van der Waals surface area contributed by atoms with E-state index in [2.05, 4.69) is 44.0 Å². The predicted octanol–water partition coefficient (Wildman–Crippen LogP) is 4.64. The van der Waals surface area contributed by atoms with Crippen LogP contribution in [0.25, 0.3) is 0 Å². The second-order valence-electron chi connectivity index (χ2n) is 8.73. The van der Waals surface area contributed by atoms with Crippen molar-refractivity contribution in [1.29, 1.82) is 0 Å². The third-order valence-corrected chi connectivity index (χ3v) is 7.05. The highest BCUT2D eigenvalue weighted by Gasteiger charge is 2.33. The highest BCUT2D eigenvalue weighted by molar-refractivity contribution is 7.10. The van der Waals surface area contributed by atoms with Crippen LogP contribution in [0.5, 0.6) is 5.75 Å². The summed E-state index contributed by atoms with van der Waals surface area (Å²) in [6, 6.07) is 10.2. The summed E-state index contributed by atoms with van der Waals surface area (Å²) in [6.45, 7) is 12.5. The summed E-state index contributed by atoms with van der Waals surface area (Å²) in [4.78, 5) is 18.6. The first kappa shape index (κ1) is 24.5. The molecule has 1 aromatic heterocycles. The lowest BCUT2D eigenvalue weighted by atomic mass is 10.00. The number of hydrogen-bond donors (Lipinski definition) is 1. The zero-order valence-electron chi connectivity index (χ0n) is 19.5. The van der Waals surface area contributed by atoms with Gasteiger partial charge in [-0.25, -0.2) is 0 Å². The first-order chi connectivity index (χ1) is 15.4. The molecule has 0 saturated heterocycles. The highest BCUT2D eigenvalue weighted by atomic mass is 32.1. The SMILES string of the molecule is C=CCN(CC(=O)N1CCc2sccc2[C@@H]1COc1ccc(C(C)C)cc1)C[C@H](O)CC. The maximum atomic E-state index is 13.3. The van der Waals surface area contributed by atoms with Crippen LogP contribution >= 0.6 is 11.3 Å². The summed E-state index contributed by atoms with van der Waals surface area (Å²) in [7, 11) is 0. The smallest absolute Gasteiger partial charge is 0.237 e. The van der Waals surface area contributed by atoms with E-state index in [1.807, 2.05) is 28.9 Å². The van der Waals surface area contributed by atoms with E-state index in [9.17, 15) is 9.90 Å². The monoisotopic (exact) mass is 456 g/mol. The van der Waals surface area contributed by atoms with Crippen LogP contribution in [-0.4, -0.2) is 59.7 Å². The van der Waals surface area contributed by atoms with Crippen LogP contribution in [0.4, 0.5) is 0 Å². The summed E-state index contributed by atoms with van der Waals surface area (Å²) in [5, 5.41) is 12.2.